The first-order valence-electron chi connectivity index (χ1n) is 8.51. The van der Waals surface area contributed by atoms with Gasteiger partial charge in [-0.15, -0.1) is 0 Å². The summed E-state index contributed by atoms with van der Waals surface area (Å²) in [7, 11) is 0. The van der Waals surface area contributed by atoms with E-state index in [0.29, 0.717) is 0 Å². The zero-order valence-electron chi connectivity index (χ0n) is 13.0. The molecule has 2 N–H and O–H groups in total. The van der Waals surface area contributed by atoms with E-state index in [1.807, 2.05) is 0 Å². The number of guanidine groups is 1. The Balaban J connectivity index is 1.71. The maximum atomic E-state index is 9.63. The van der Waals surface area contributed by atoms with Gasteiger partial charge in [-0.25, -0.2) is 0 Å². The Hall–Kier alpha value is -0.770. The predicted octanol–water partition coefficient (Wildman–Crippen LogP) is 2.38. The van der Waals surface area contributed by atoms with Crippen molar-refractivity contribution >= 4 is 5.96 Å². The van der Waals surface area contributed by atoms with Gasteiger partial charge in [0.15, 0.2) is 5.96 Å². The molecule has 0 unspecified atom stereocenters. The van der Waals surface area contributed by atoms with Gasteiger partial charge in [0.2, 0.25) is 0 Å². The molecular weight excluding hydrogens is 250 g/mol. The Morgan fingerprint density at radius 1 is 1.25 bits per heavy atom. The van der Waals surface area contributed by atoms with E-state index in [1.54, 1.807) is 0 Å². The summed E-state index contributed by atoms with van der Waals surface area (Å²) in [5, 5.41) is 13.0. The van der Waals surface area contributed by atoms with E-state index in [9.17, 15) is 5.11 Å². The third kappa shape index (κ3) is 4.97. The van der Waals surface area contributed by atoms with Gasteiger partial charge in [-0.1, -0.05) is 32.1 Å². The van der Waals surface area contributed by atoms with Gasteiger partial charge in [-0.3, -0.25) is 4.99 Å². The highest BCUT2D eigenvalue weighted by Gasteiger charge is 2.22. The smallest absolute Gasteiger partial charge is 0.194 e. The van der Waals surface area contributed by atoms with Gasteiger partial charge in [0.05, 0.1) is 6.10 Å². The molecule has 1 heterocycles. The van der Waals surface area contributed by atoms with Crippen molar-refractivity contribution in [3.8, 4) is 0 Å². The van der Waals surface area contributed by atoms with Crippen LogP contribution in [0.5, 0.6) is 0 Å². The first-order valence-corrected chi connectivity index (χ1v) is 8.51. The van der Waals surface area contributed by atoms with Gasteiger partial charge in [0, 0.05) is 26.2 Å². The third-order valence-electron chi connectivity index (χ3n) is 4.55. The van der Waals surface area contributed by atoms with Crippen LogP contribution in [0.25, 0.3) is 0 Å². The molecule has 0 spiro atoms. The Morgan fingerprint density at radius 3 is 2.70 bits per heavy atom. The van der Waals surface area contributed by atoms with E-state index < -0.39 is 0 Å². The minimum absolute atomic E-state index is 0.180. The van der Waals surface area contributed by atoms with Gasteiger partial charge in [0.1, 0.15) is 0 Å². The van der Waals surface area contributed by atoms with Crippen molar-refractivity contribution in [3.63, 3.8) is 0 Å². The highest BCUT2D eigenvalue weighted by atomic mass is 16.3. The SMILES string of the molecule is CCNC(=NCCCC1CCCCC1)N1CC[C@@H](O)C1. The molecule has 116 valence electrons. The molecule has 0 aromatic carbocycles. The lowest BCUT2D eigenvalue weighted by Gasteiger charge is -2.22. The van der Waals surface area contributed by atoms with Crippen LogP contribution in [0, 0.1) is 5.92 Å². The summed E-state index contributed by atoms with van der Waals surface area (Å²) >= 11 is 0. The second-order valence-corrected chi connectivity index (χ2v) is 6.27. The van der Waals surface area contributed by atoms with Crippen LogP contribution in [0.4, 0.5) is 0 Å². The van der Waals surface area contributed by atoms with Crippen molar-refractivity contribution in [1.82, 2.24) is 10.2 Å². The number of likely N-dealkylation sites (tertiary alicyclic amines) is 1. The fourth-order valence-electron chi connectivity index (χ4n) is 3.40. The van der Waals surface area contributed by atoms with Crippen LogP contribution < -0.4 is 5.32 Å². The topological polar surface area (TPSA) is 47.9 Å². The first kappa shape index (κ1) is 15.6. The van der Waals surface area contributed by atoms with Crippen LogP contribution in [-0.2, 0) is 0 Å². The first-order chi connectivity index (χ1) is 9.79. The Kier molecular flexibility index (Phi) is 6.64. The van der Waals surface area contributed by atoms with E-state index in [4.69, 9.17) is 4.99 Å². The molecule has 0 amide bonds. The van der Waals surface area contributed by atoms with E-state index in [-0.39, 0.29) is 6.10 Å². The summed E-state index contributed by atoms with van der Waals surface area (Å²) in [6.45, 7) is 5.58. The van der Waals surface area contributed by atoms with Crippen LogP contribution >= 0.6 is 0 Å². The standard InChI is InChI=1S/C16H31N3O/c1-2-17-16(19-12-10-15(20)13-19)18-11-6-9-14-7-4-3-5-8-14/h14-15,20H,2-13H2,1H3,(H,17,18)/t15-/m1/s1. The molecule has 2 fully saturated rings. The molecule has 1 aliphatic carbocycles. The third-order valence-corrected chi connectivity index (χ3v) is 4.55. The van der Waals surface area contributed by atoms with Crippen LogP contribution in [-0.4, -0.2) is 48.2 Å². The number of aliphatic hydroxyl groups is 1. The average molecular weight is 281 g/mol. The summed E-state index contributed by atoms with van der Waals surface area (Å²) in [6.07, 6.45) is 10.4. The highest BCUT2D eigenvalue weighted by molar-refractivity contribution is 5.80. The number of hydrogen-bond donors (Lipinski definition) is 2. The highest BCUT2D eigenvalue weighted by Crippen LogP contribution is 2.27. The molecule has 1 saturated heterocycles. The number of aliphatic hydroxyl groups excluding tert-OH is 1. The molecule has 1 saturated carbocycles. The van der Waals surface area contributed by atoms with Gasteiger partial charge in [0.25, 0.3) is 0 Å². The lowest BCUT2D eigenvalue weighted by atomic mass is 9.86. The lowest BCUT2D eigenvalue weighted by Crippen LogP contribution is -2.40. The summed E-state index contributed by atoms with van der Waals surface area (Å²) in [4.78, 5) is 6.92. The summed E-state index contributed by atoms with van der Waals surface area (Å²) in [6, 6.07) is 0. The monoisotopic (exact) mass is 281 g/mol. The Morgan fingerprint density at radius 2 is 2.05 bits per heavy atom. The molecule has 0 aromatic rings. The average Bonchev–Trinajstić information content (AvgIpc) is 2.90. The molecule has 20 heavy (non-hydrogen) atoms. The fraction of sp³-hybridized carbons (Fsp3) is 0.938. The van der Waals surface area contributed by atoms with Crippen LogP contribution in [0.3, 0.4) is 0 Å². The van der Waals surface area contributed by atoms with Crippen molar-refractivity contribution in [2.24, 2.45) is 10.9 Å². The number of β-amino-alcohol motifs (C(OH)–C–C–N with tert-alkyl or cyclic N) is 1. The minimum atomic E-state index is -0.180. The maximum absolute atomic E-state index is 9.63. The van der Waals surface area contributed by atoms with Crippen molar-refractivity contribution in [2.45, 2.75) is 64.4 Å². The van der Waals surface area contributed by atoms with E-state index in [2.05, 4.69) is 17.1 Å². The molecular formula is C16H31N3O. The molecule has 4 nitrogen and oxygen atoms in total. The minimum Gasteiger partial charge on any atom is -0.391 e. The molecule has 1 atom stereocenters. The second-order valence-electron chi connectivity index (χ2n) is 6.27. The summed E-state index contributed by atoms with van der Waals surface area (Å²) in [5.74, 6) is 1.95. The van der Waals surface area contributed by atoms with E-state index in [0.717, 1.165) is 44.5 Å². The number of nitrogens with one attached hydrogen (secondary N) is 1. The second kappa shape index (κ2) is 8.50. The largest absolute Gasteiger partial charge is 0.391 e. The van der Waals surface area contributed by atoms with Crippen LogP contribution in [0.2, 0.25) is 0 Å². The lowest BCUT2D eigenvalue weighted by molar-refractivity contribution is 0.188. The Bertz CT molecular complexity index is 300. The summed E-state index contributed by atoms with van der Waals surface area (Å²) in [5.41, 5.74) is 0. The summed E-state index contributed by atoms with van der Waals surface area (Å²) < 4.78 is 0. The van der Waals surface area contributed by atoms with Gasteiger partial charge < -0.3 is 15.3 Å². The molecule has 2 rings (SSSR count). The number of aliphatic imine (C=N–C) groups is 1. The van der Waals surface area contributed by atoms with Crippen molar-refractivity contribution < 1.29 is 5.11 Å². The molecule has 0 radical (unpaired) electrons. The van der Waals surface area contributed by atoms with Gasteiger partial charge >= 0.3 is 0 Å². The van der Waals surface area contributed by atoms with E-state index >= 15 is 0 Å². The quantitative estimate of drug-likeness (QED) is 0.462. The molecule has 4 heteroatoms. The van der Waals surface area contributed by atoms with Gasteiger partial charge in [-0.05, 0) is 32.1 Å². The molecule has 2 aliphatic rings. The Labute approximate surface area is 123 Å². The van der Waals surface area contributed by atoms with Crippen molar-refractivity contribution in [1.29, 1.82) is 0 Å². The fourth-order valence-corrected chi connectivity index (χ4v) is 3.40. The zero-order chi connectivity index (χ0) is 14.2. The van der Waals surface area contributed by atoms with E-state index in [1.165, 1.54) is 44.9 Å². The van der Waals surface area contributed by atoms with Crippen LogP contribution in [0.1, 0.15) is 58.3 Å². The van der Waals surface area contributed by atoms with Gasteiger partial charge in [-0.2, -0.15) is 0 Å². The molecule has 0 bridgehead atoms. The maximum Gasteiger partial charge on any atom is 0.194 e. The number of rotatable bonds is 5. The zero-order valence-corrected chi connectivity index (χ0v) is 13.0. The number of hydrogen-bond acceptors (Lipinski definition) is 2. The molecule has 1 aliphatic heterocycles. The van der Waals surface area contributed by atoms with Crippen molar-refractivity contribution in [2.75, 3.05) is 26.2 Å². The number of nitrogens with zero attached hydrogens (tertiary/aromatic N) is 2. The van der Waals surface area contributed by atoms with Crippen LogP contribution in [0.15, 0.2) is 4.99 Å². The van der Waals surface area contributed by atoms with Crippen molar-refractivity contribution in [3.05, 3.63) is 0 Å². The molecule has 0 aromatic heterocycles. The normalized spacial score (nSPS) is 25.2. The predicted molar refractivity (Wildman–Crippen MR) is 84.0 cm³/mol.